The van der Waals surface area contributed by atoms with E-state index in [0.717, 1.165) is 17.9 Å². The predicted octanol–water partition coefficient (Wildman–Crippen LogP) is 3.87. The lowest BCUT2D eigenvalue weighted by Gasteiger charge is -2.06. The van der Waals surface area contributed by atoms with E-state index in [4.69, 9.17) is 0 Å². The van der Waals surface area contributed by atoms with Gasteiger partial charge in [-0.2, -0.15) is 0 Å². The molecule has 0 unspecified atom stereocenters. The fourth-order valence-corrected chi connectivity index (χ4v) is 1.56. The Hall–Kier alpha value is -1.11. The lowest BCUT2D eigenvalue weighted by atomic mass is 9.99. The van der Waals surface area contributed by atoms with Crippen molar-refractivity contribution in [1.29, 1.82) is 0 Å². The standard InChI is InChI=1S/C14H20O/c1-4-14(15)13-7-5-6-12(10-13)9-8-11(2)3/h5-7,10-11H,4,8-9H2,1-3H3. The van der Waals surface area contributed by atoms with Crippen LogP contribution in [0.1, 0.15) is 49.5 Å². The first-order valence-electron chi connectivity index (χ1n) is 5.75. The second-order valence-corrected chi connectivity index (χ2v) is 4.41. The van der Waals surface area contributed by atoms with Gasteiger partial charge in [-0.3, -0.25) is 4.79 Å². The zero-order chi connectivity index (χ0) is 11.3. The van der Waals surface area contributed by atoms with Crippen molar-refractivity contribution in [3.05, 3.63) is 35.4 Å². The highest BCUT2D eigenvalue weighted by molar-refractivity contribution is 5.95. The van der Waals surface area contributed by atoms with Gasteiger partial charge in [-0.15, -0.1) is 0 Å². The summed E-state index contributed by atoms with van der Waals surface area (Å²) in [7, 11) is 0. The molecule has 1 heteroatoms. The van der Waals surface area contributed by atoms with Crippen LogP contribution in [0.25, 0.3) is 0 Å². The van der Waals surface area contributed by atoms with Crippen LogP contribution in [0.2, 0.25) is 0 Å². The molecule has 1 nitrogen and oxygen atoms in total. The van der Waals surface area contributed by atoms with Crippen molar-refractivity contribution < 1.29 is 4.79 Å². The molecule has 0 spiro atoms. The third-order valence-electron chi connectivity index (χ3n) is 2.58. The summed E-state index contributed by atoms with van der Waals surface area (Å²) in [5.41, 5.74) is 2.14. The first-order chi connectivity index (χ1) is 7.13. The molecule has 0 aliphatic rings. The number of Topliss-reactive ketones (excluding diaryl/α,β-unsaturated/α-hetero) is 1. The monoisotopic (exact) mass is 204 g/mol. The van der Waals surface area contributed by atoms with Crippen LogP contribution in [0.5, 0.6) is 0 Å². The summed E-state index contributed by atoms with van der Waals surface area (Å²) in [5.74, 6) is 0.955. The number of rotatable bonds is 5. The van der Waals surface area contributed by atoms with Gasteiger partial charge in [-0.1, -0.05) is 39.0 Å². The van der Waals surface area contributed by atoms with E-state index in [1.54, 1.807) is 0 Å². The van der Waals surface area contributed by atoms with E-state index in [2.05, 4.69) is 19.9 Å². The minimum absolute atomic E-state index is 0.237. The molecule has 0 amide bonds. The molecule has 0 atom stereocenters. The minimum Gasteiger partial charge on any atom is -0.294 e. The van der Waals surface area contributed by atoms with Crippen LogP contribution in [0.15, 0.2) is 24.3 Å². The average molecular weight is 204 g/mol. The number of benzene rings is 1. The molecular formula is C14H20O. The van der Waals surface area contributed by atoms with Gasteiger partial charge in [-0.25, -0.2) is 0 Å². The molecule has 0 heterocycles. The van der Waals surface area contributed by atoms with Gasteiger partial charge < -0.3 is 0 Å². The summed E-state index contributed by atoms with van der Waals surface area (Å²) >= 11 is 0. The van der Waals surface area contributed by atoms with Gasteiger partial charge in [-0.05, 0) is 30.4 Å². The highest BCUT2D eigenvalue weighted by Gasteiger charge is 2.03. The Kier molecular flexibility index (Phi) is 4.54. The highest BCUT2D eigenvalue weighted by atomic mass is 16.1. The Bertz CT molecular complexity index is 326. The lowest BCUT2D eigenvalue weighted by molar-refractivity contribution is 0.0988. The Labute approximate surface area is 92.5 Å². The van der Waals surface area contributed by atoms with Gasteiger partial charge in [0.2, 0.25) is 0 Å². The zero-order valence-electron chi connectivity index (χ0n) is 9.92. The SMILES string of the molecule is CCC(=O)c1cccc(CCC(C)C)c1. The molecule has 0 radical (unpaired) electrons. The second kappa shape index (κ2) is 5.69. The van der Waals surface area contributed by atoms with Crippen molar-refractivity contribution in [3.8, 4) is 0 Å². The Morgan fingerprint density at radius 3 is 2.67 bits per heavy atom. The largest absolute Gasteiger partial charge is 0.294 e. The summed E-state index contributed by atoms with van der Waals surface area (Å²) in [4.78, 5) is 11.5. The van der Waals surface area contributed by atoms with Crippen LogP contribution in [0.4, 0.5) is 0 Å². The van der Waals surface area contributed by atoms with Crippen LogP contribution in [-0.4, -0.2) is 5.78 Å². The Morgan fingerprint density at radius 1 is 1.33 bits per heavy atom. The number of ketones is 1. The first kappa shape index (κ1) is 12.0. The quantitative estimate of drug-likeness (QED) is 0.665. The fraction of sp³-hybridized carbons (Fsp3) is 0.500. The lowest BCUT2D eigenvalue weighted by Crippen LogP contribution is -1.98. The van der Waals surface area contributed by atoms with E-state index < -0.39 is 0 Å². The smallest absolute Gasteiger partial charge is 0.162 e. The minimum atomic E-state index is 0.237. The molecule has 0 saturated heterocycles. The number of aryl methyl sites for hydroxylation is 1. The molecule has 0 N–H and O–H groups in total. The summed E-state index contributed by atoms with van der Waals surface area (Å²) < 4.78 is 0. The van der Waals surface area contributed by atoms with E-state index in [9.17, 15) is 4.79 Å². The van der Waals surface area contributed by atoms with Crippen molar-refractivity contribution in [3.63, 3.8) is 0 Å². The summed E-state index contributed by atoms with van der Waals surface area (Å²) in [5, 5.41) is 0. The molecule has 1 aromatic rings. The number of carbonyl (C=O) groups excluding carboxylic acids is 1. The van der Waals surface area contributed by atoms with Crippen LogP contribution >= 0.6 is 0 Å². The number of hydrogen-bond donors (Lipinski definition) is 0. The van der Waals surface area contributed by atoms with Crippen LogP contribution in [-0.2, 0) is 6.42 Å². The molecule has 0 saturated carbocycles. The highest BCUT2D eigenvalue weighted by Crippen LogP contribution is 2.12. The molecule has 1 rings (SSSR count). The second-order valence-electron chi connectivity index (χ2n) is 4.41. The van der Waals surface area contributed by atoms with Gasteiger partial charge in [0, 0.05) is 12.0 Å². The molecule has 0 aliphatic carbocycles. The molecule has 0 bridgehead atoms. The van der Waals surface area contributed by atoms with E-state index in [1.807, 2.05) is 25.1 Å². The van der Waals surface area contributed by atoms with Crippen molar-refractivity contribution in [2.45, 2.75) is 40.0 Å². The molecule has 1 aromatic carbocycles. The van der Waals surface area contributed by atoms with Crippen molar-refractivity contribution in [2.75, 3.05) is 0 Å². The van der Waals surface area contributed by atoms with Crippen molar-refractivity contribution in [2.24, 2.45) is 5.92 Å². The maximum atomic E-state index is 11.5. The third kappa shape index (κ3) is 3.86. The average Bonchev–Trinajstić information content (AvgIpc) is 2.25. The van der Waals surface area contributed by atoms with E-state index >= 15 is 0 Å². The first-order valence-corrected chi connectivity index (χ1v) is 5.75. The molecule has 82 valence electrons. The van der Waals surface area contributed by atoms with E-state index in [0.29, 0.717) is 6.42 Å². The van der Waals surface area contributed by atoms with Gasteiger partial charge in [0.25, 0.3) is 0 Å². The predicted molar refractivity (Wildman–Crippen MR) is 64.2 cm³/mol. The van der Waals surface area contributed by atoms with Crippen LogP contribution in [0, 0.1) is 5.92 Å². The fourth-order valence-electron chi connectivity index (χ4n) is 1.56. The molecule has 0 fully saturated rings. The maximum absolute atomic E-state index is 11.5. The molecule has 15 heavy (non-hydrogen) atoms. The molecule has 0 aromatic heterocycles. The number of hydrogen-bond acceptors (Lipinski definition) is 1. The molecule has 0 aliphatic heterocycles. The third-order valence-corrected chi connectivity index (χ3v) is 2.58. The van der Waals surface area contributed by atoms with E-state index in [1.165, 1.54) is 12.0 Å². The normalized spacial score (nSPS) is 10.7. The Balaban J connectivity index is 2.70. The van der Waals surface area contributed by atoms with Crippen LogP contribution in [0.3, 0.4) is 0 Å². The van der Waals surface area contributed by atoms with Crippen LogP contribution < -0.4 is 0 Å². The summed E-state index contributed by atoms with van der Waals surface area (Å²) in [6, 6.07) is 8.03. The summed E-state index contributed by atoms with van der Waals surface area (Å²) in [6.07, 6.45) is 2.85. The van der Waals surface area contributed by atoms with E-state index in [-0.39, 0.29) is 5.78 Å². The van der Waals surface area contributed by atoms with Gasteiger partial charge in [0.05, 0.1) is 0 Å². The Morgan fingerprint density at radius 2 is 2.07 bits per heavy atom. The van der Waals surface area contributed by atoms with Gasteiger partial charge >= 0.3 is 0 Å². The number of carbonyl (C=O) groups is 1. The van der Waals surface area contributed by atoms with Gasteiger partial charge in [0.1, 0.15) is 0 Å². The maximum Gasteiger partial charge on any atom is 0.162 e. The zero-order valence-corrected chi connectivity index (χ0v) is 9.92. The summed E-state index contributed by atoms with van der Waals surface area (Å²) in [6.45, 7) is 6.35. The van der Waals surface area contributed by atoms with Gasteiger partial charge in [0.15, 0.2) is 5.78 Å². The van der Waals surface area contributed by atoms with Crippen molar-refractivity contribution in [1.82, 2.24) is 0 Å². The molecular weight excluding hydrogens is 184 g/mol. The topological polar surface area (TPSA) is 17.1 Å². The van der Waals surface area contributed by atoms with Crippen molar-refractivity contribution >= 4 is 5.78 Å².